The third kappa shape index (κ3) is 3.68. The molecule has 28 heavy (non-hydrogen) atoms. The van der Waals surface area contributed by atoms with Gasteiger partial charge in [-0.25, -0.2) is 8.42 Å². The number of aliphatic carboxylic acids is 1. The molecular weight excluding hydrogens is 382 g/mol. The van der Waals surface area contributed by atoms with E-state index in [1.807, 2.05) is 12.1 Å². The molecule has 0 radical (unpaired) electrons. The summed E-state index contributed by atoms with van der Waals surface area (Å²) in [7, 11) is -1.16. The molecule has 0 saturated heterocycles. The summed E-state index contributed by atoms with van der Waals surface area (Å²) in [5.74, 6) is -0.906. The highest BCUT2D eigenvalue weighted by Gasteiger charge is 2.31. The SMILES string of the molecule is COc1cc(/C=C/C(=O)[O-])c(S(=O)(=O)N2CCCc3ccccc32)cc1OC. The Balaban J connectivity index is 2.20. The predicted octanol–water partition coefficient (Wildman–Crippen LogP) is 1.61. The van der Waals surface area contributed by atoms with Crippen LogP contribution in [0, 0.1) is 0 Å². The molecule has 0 spiro atoms. The largest absolute Gasteiger partial charge is 0.545 e. The Kier molecular flexibility index (Phi) is 5.60. The van der Waals surface area contributed by atoms with Gasteiger partial charge in [0.15, 0.2) is 11.5 Å². The Morgan fingerprint density at radius 1 is 1.14 bits per heavy atom. The summed E-state index contributed by atoms with van der Waals surface area (Å²) in [6.07, 6.45) is 3.45. The van der Waals surface area contributed by atoms with Crippen molar-refractivity contribution in [1.82, 2.24) is 0 Å². The molecule has 2 aromatic carbocycles. The van der Waals surface area contributed by atoms with Crippen LogP contribution in [-0.4, -0.2) is 35.2 Å². The molecule has 0 N–H and O–H groups in total. The Morgan fingerprint density at radius 3 is 2.50 bits per heavy atom. The maximum absolute atomic E-state index is 13.5. The van der Waals surface area contributed by atoms with Crippen molar-refractivity contribution in [2.24, 2.45) is 0 Å². The Morgan fingerprint density at radius 2 is 1.82 bits per heavy atom. The summed E-state index contributed by atoms with van der Waals surface area (Å²) in [5, 5.41) is 10.9. The molecule has 8 heteroatoms. The molecule has 2 aromatic rings. The minimum Gasteiger partial charge on any atom is -0.545 e. The second-order valence-corrected chi connectivity index (χ2v) is 8.04. The van der Waals surface area contributed by atoms with Gasteiger partial charge < -0.3 is 19.4 Å². The predicted molar refractivity (Wildman–Crippen MR) is 103 cm³/mol. The Hall–Kier alpha value is -3.00. The van der Waals surface area contributed by atoms with E-state index in [0.29, 0.717) is 24.4 Å². The van der Waals surface area contributed by atoms with Crippen LogP contribution in [0.3, 0.4) is 0 Å². The van der Waals surface area contributed by atoms with E-state index in [4.69, 9.17) is 9.47 Å². The topological polar surface area (TPSA) is 96.0 Å². The number of sulfonamides is 1. The molecule has 148 valence electrons. The number of methoxy groups -OCH3 is 2. The number of anilines is 1. The standard InChI is InChI=1S/C20H21NO6S/c1-26-17-12-15(9-10-20(22)23)19(13-18(17)27-2)28(24,25)21-11-5-7-14-6-3-4-8-16(14)21/h3-4,6,8-10,12-13H,5,7,11H2,1-2H3,(H,22,23)/p-1/b10-9+. The highest BCUT2D eigenvalue weighted by atomic mass is 32.2. The van der Waals surface area contributed by atoms with E-state index < -0.39 is 16.0 Å². The average Bonchev–Trinajstić information content (AvgIpc) is 2.70. The van der Waals surface area contributed by atoms with Crippen LogP contribution in [0.4, 0.5) is 5.69 Å². The number of para-hydroxylation sites is 1. The maximum atomic E-state index is 13.5. The molecular formula is C20H20NO6S-. The van der Waals surface area contributed by atoms with Crippen molar-refractivity contribution in [3.8, 4) is 11.5 Å². The highest BCUT2D eigenvalue weighted by Crippen LogP contribution is 2.38. The third-order valence-corrected chi connectivity index (χ3v) is 6.42. The van der Waals surface area contributed by atoms with Gasteiger partial charge in [0.05, 0.1) is 30.8 Å². The molecule has 1 aliphatic rings. The molecule has 1 heterocycles. The summed E-state index contributed by atoms with van der Waals surface area (Å²) in [4.78, 5) is 10.8. The van der Waals surface area contributed by atoms with E-state index >= 15 is 0 Å². The van der Waals surface area contributed by atoms with Gasteiger partial charge in [-0.1, -0.05) is 24.3 Å². The van der Waals surface area contributed by atoms with Crippen molar-refractivity contribution in [2.45, 2.75) is 17.7 Å². The number of ether oxygens (including phenoxy) is 2. The molecule has 1 aliphatic heterocycles. The van der Waals surface area contributed by atoms with Crippen molar-refractivity contribution in [3.63, 3.8) is 0 Å². The molecule has 0 aliphatic carbocycles. The van der Waals surface area contributed by atoms with Crippen molar-refractivity contribution in [3.05, 3.63) is 53.6 Å². The van der Waals surface area contributed by atoms with Gasteiger partial charge in [-0.3, -0.25) is 4.31 Å². The molecule has 0 saturated carbocycles. The molecule has 0 aromatic heterocycles. The van der Waals surface area contributed by atoms with Crippen molar-refractivity contribution in [1.29, 1.82) is 0 Å². The number of nitrogens with zero attached hydrogens (tertiary/aromatic N) is 1. The minimum atomic E-state index is -3.98. The summed E-state index contributed by atoms with van der Waals surface area (Å²) in [5.41, 5.74) is 1.74. The van der Waals surface area contributed by atoms with Crippen LogP contribution in [0.2, 0.25) is 0 Å². The fraction of sp³-hybridized carbons (Fsp3) is 0.250. The minimum absolute atomic E-state index is 0.0700. The van der Waals surface area contributed by atoms with Crippen LogP contribution in [-0.2, 0) is 21.2 Å². The van der Waals surface area contributed by atoms with Crippen molar-refractivity contribution < 1.29 is 27.8 Å². The summed E-state index contributed by atoms with van der Waals surface area (Å²) >= 11 is 0. The number of carboxylic acid groups (broad SMARTS) is 1. The zero-order chi connectivity index (χ0) is 20.3. The number of carboxylic acids is 1. The van der Waals surface area contributed by atoms with Gasteiger partial charge in [0, 0.05) is 12.6 Å². The fourth-order valence-corrected chi connectivity index (χ4v) is 4.98. The molecule has 0 fully saturated rings. The number of carbonyl (C=O) groups excluding carboxylic acids is 1. The van der Waals surface area contributed by atoms with Gasteiger partial charge in [-0.2, -0.15) is 0 Å². The third-order valence-electron chi connectivity index (χ3n) is 4.55. The van der Waals surface area contributed by atoms with E-state index in [9.17, 15) is 18.3 Å². The van der Waals surface area contributed by atoms with E-state index in [-0.39, 0.29) is 16.2 Å². The van der Waals surface area contributed by atoms with E-state index in [0.717, 1.165) is 18.1 Å². The second-order valence-electron chi connectivity index (χ2n) is 6.21. The van der Waals surface area contributed by atoms with Gasteiger partial charge in [-0.05, 0) is 42.2 Å². The molecule has 0 unspecified atom stereocenters. The van der Waals surface area contributed by atoms with Crippen molar-refractivity contribution in [2.75, 3.05) is 25.1 Å². The Bertz CT molecular complexity index is 1030. The highest BCUT2D eigenvalue weighted by molar-refractivity contribution is 7.93. The number of hydrogen-bond acceptors (Lipinski definition) is 6. The number of hydrogen-bond donors (Lipinski definition) is 0. The summed E-state index contributed by atoms with van der Waals surface area (Å²) < 4.78 is 38.9. The lowest BCUT2D eigenvalue weighted by atomic mass is 10.0. The lowest BCUT2D eigenvalue weighted by Gasteiger charge is -2.31. The van der Waals surface area contributed by atoms with Crippen LogP contribution in [0.25, 0.3) is 6.08 Å². The fourth-order valence-electron chi connectivity index (χ4n) is 3.25. The normalized spacial score (nSPS) is 14.0. The first kappa shape index (κ1) is 19.8. The summed E-state index contributed by atoms with van der Waals surface area (Å²) in [6, 6.07) is 10.1. The van der Waals surface area contributed by atoms with Crippen LogP contribution in [0.15, 0.2) is 47.4 Å². The molecule has 0 bridgehead atoms. The monoisotopic (exact) mass is 402 g/mol. The lowest BCUT2D eigenvalue weighted by Crippen LogP contribution is -2.35. The van der Waals surface area contributed by atoms with Crippen LogP contribution in [0.5, 0.6) is 11.5 Å². The molecule has 0 amide bonds. The number of fused-ring (bicyclic) bond motifs is 1. The second kappa shape index (κ2) is 7.93. The first-order chi connectivity index (χ1) is 13.4. The van der Waals surface area contributed by atoms with Crippen molar-refractivity contribution >= 4 is 27.8 Å². The lowest BCUT2D eigenvalue weighted by molar-refractivity contribution is -0.297. The van der Waals surface area contributed by atoms with E-state index in [1.54, 1.807) is 12.1 Å². The zero-order valence-electron chi connectivity index (χ0n) is 15.5. The van der Waals surface area contributed by atoms with Crippen LogP contribution in [0.1, 0.15) is 17.5 Å². The first-order valence-corrected chi connectivity index (χ1v) is 10.1. The van der Waals surface area contributed by atoms with Gasteiger partial charge in [0.2, 0.25) is 0 Å². The van der Waals surface area contributed by atoms with Crippen LogP contribution < -0.4 is 18.9 Å². The average molecular weight is 402 g/mol. The molecule has 7 nitrogen and oxygen atoms in total. The van der Waals surface area contributed by atoms with Crippen LogP contribution >= 0.6 is 0 Å². The first-order valence-electron chi connectivity index (χ1n) is 8.64. The molecule has 3 rings (SSSR count). The quantitative estimate of drug-likeness (QED) is 0.681. The number of benzene rings is 2. The summed E-state index contributed by atoms with van der Waals surface area (Å²) in [6.45, 7) is 0.331. The van der Waals surface area contributed by atoms with Gasteiger partial charge in [-0.15, -0.1) is 0 Å². The van der Waals surface area contributed by atoms with Gasteiger partial charge in [0.25, 0.3) is 10.0 Å². The van der Waals surface area contributed by atoms with Gasteiger partial charge in [0.1, 0.15) is 0 Å². The smallest absolute Gasteiger partial charge is 0.265 e. The number of aryl methyl sites for hydroxylation is 1. The number of rotatable bonds is 6. The molecule has 0 atom stereocenters. The Labute approximate surface area is 163 Å². The van der Waals surface area contributed by atoms with Gasteiger partial charge >= 0.3 is 0 Å². The van der Waals surface area contributed by atoms with E-state index in [2.05, 4.69) is 0 Å². The number of carbonyl (C=O) groups is 1. The zero-order valence-corrected chi connectivity index (χ0v) is 16.4. The van der Waals surface area contributed by atoms with E-state index in [1.165, 1.54) is 36.7 Å². The maximum Gasteiger partial charge on any atom is 0.265 e.